The highest BCUT2D eigenvalue weighted by molar-refractivity contribution is 5.59. The molecule has 2 heterocycles. The first-order valence-electron chi connectivity index (χ1n) is 6.32. The Morgan fingerprint density at radius 3 is 3.00 bits per heavy atom. The van der Waals surface area contributed by atoms with Crippen LogP contribution in [0, 0.1) is 10.1 Å². The predicted molar refractivity (Wildman–Crippen MR) is 71.2 cm³/mol. The number of rotatable bonds is 5. The summed E-state index contributed by atoms with van der Waals surface area (Å²) in [4.78, 5) is 16.5. The fourth-order valence-corrected chi connectivity index (χ4v) is 2.14. The lowest BCUT2D eigenvalue weighted by molar-refractivity contribution is -0.384. The molecule has 0 spiro atoms. The molecule has 1 aliphatic heterocycles. The van der Waals surface area contributed by atoms with Crippen LogP contribution in [-0.4, -0.2) is 53.7 Å². The van der Waals surface area contributed by atoms with Crippen molar-refractivity contribution in [3.05, 3.63) is 28.6 Å². The summed E-state index contributed by atoms with van der Waals surface area (Å²) in [6.45, 7) is 6.17. The molecule has 1 fully saturated rings. The summed E-state index contributed by atoms with van der Waals surface area (Å²) in [6.07, 6.45) is 2.82. The normalized spacial score (nSPS) is 17.9. The molecule has 1 atom stereocenters. The summed E-state index contributed by atoms with van der Waals surface area (Å²) in [5.41, 5.74) is 0.525. The number of aromatic nitrogens is 1. The summed E-state index contributed by atoms with van der Waals surface area (Å²) in [5.74, 6) is 0. The minimum atomic E-state index is -0.420. The van der Waals surface area contributed by atoms with Gasteiger partial charge in [0.1, 0.15) is 11.9 Å². The van der Waals surface area contributed by atoms with Crippen LogP contribution in [0.25, 0.3) is 0 Å². The van der Waals surface area contributed by atoms with Gasteiger partial charge in [-0.25, -0.2) is 0 Å². The Hall–Kier alpha value is -1.73. The predicted octanol–water partition coefficient (Wildman–Crippen LogP) is 1.12. The third-order valence-corrected chi connectivity index (χ3v) is 3.03. The molecular weight excluding hydrogens is 248 g/mol. The van der Waals surface area contributed by atoms with Crippen LogP contribution in [0.15, 0.2) is 18.5 Å². The van der Waals surface area contributed by atoms with Crippen molar-refractivity contribution in [2.24, 2.45) is 0 Å². The number of morpholine rings is 1. The number of hydrogen-bond donors (Lipinski definition) is 1. The summed E-state index contributed by atoms with van der Waals surface area (Å²) in [7, 11) is 0. The highest BCUT2D eigenvalue weighted by atomic mass is 16.6. The maximum atomic E-state index is 10.9. The van der Waals surface area contributed by atoms with E-state index < -0.39 is 4.92 Å². The third kappa shape index (κ3) is 3.87. The highest BCUT2D eigenvalue weighted by Gasteiger charge is 2.17. The average Bonchev–Trinajstić information content (AvgIpc) is 2.40. The van der Waals surface area contributed by atoms with Crippen molar-refractivity contribution in [3.8, 4) is 0 Å². The second-order valence-electron chi connectivity index (χ2n) is 4.61. The van der Waals surface area contributed by atoms with E-state index in [1.165, 1.54) is 6.20 Å². The molecule has 1 unspecified atom stereocenters. The van der Waals surface area contributed by atoms with Gasteiger partial charge in [0.2, 0.25) is 0 Å². The molecule has 2 rings (SSSR count). The maximum Gasteiger partial charge on any atom is 0.310 e. The zero-order chi connectivity index (χ0) is 13.7. The smallest absolute Gasteiger partial charge is 0.310 e. The monoisotopic (exact) mass is 266 g/mol. The molecule has 0 saturated carbocycles. The van der Waals surface area contributed by atoms with Crippen LogP contribution in [0.3, 0.4) is 0 Å². The van der Waals surface area contributed by atoms with E-state index in [0.717, 1.165) is 32.8 Å². The molecular formula is C12H18N4O3. The fraction of sp³-hybridized carbons (Fsp3) is 0.583. The number of anilines is 1. The molecule has 0 bridgehead atoms. The third-order valence-electron chi connectivity index (χ3n) is 3.03. The Bertz CT molecular complexity index is 435. The van der Waals surface area contributed by atoms with E-state index in [9.17, 15) is 10.1 Å². The van der Waals surface area contributed by atoms with Crippen molar-refractivity contribution in [1.29, 1.82) is 0 Å². The van der Waals surface area contributed by atoms with E-state index in [-0.39, 0.29) is 11.7 Å². The van der Waals surface area contributed by atoms with Gasteiger partial charge in [0.15, 0.2) is 0 Å². The minimum absolute atomic E-state index is 0.0105. The molecule has 1 aliphatic rings. The molecule has 7 heteroatoms. The topological polar surface area (TPSA) is 80.5 Å². The van der Waals surface area contributed by atoms with Crippen molar-refractivity contribution < 1.29 is 9.66 Å². The molecule has 0 aromatic carbocycles. The summed E-state index contributed by atoms with van der Waals surface area (Å²) in [5, 5.41) is 14.1. The molecule has 0 aliphatic carbocycles. The van der Waals surface area contributed by atoms with Gasteiger partial charge < -0.3 is 10.1 Å². The van der Waals surface area contributed by atoms with E-state index in [2.05, 4.69) is 15.2 Å². The van der Waals surface area contributed by atoms with Crippen molar-refractivity contribution in [3.63, 3.8) is 0 Å². The first-order valence-corrected chi connectivity index (χ1v) is 6.32. The molecule has 19 heavy (non-hydrogen) atoms. The lowest BCUT2D eigenvalue weighted by Gasteiger charge is -2.29. The number of nitro groups is 1. The molecule has 1 N–H and O–H groups in total. The van der Waals surface area contributed by atoms with Crippen LogP contribution in [-0.2, 0) is 4.74 Å². The SMILES string of the molecule is CC(CN1CCOCC1)Nc1ccncc1[N+](=O)[O-]. The van der Waals surface area contributed by atoms with Gasteiger partial charge in [-0.1, -0.05) is 0 Å². The molecule has 1 aromatic heterocycles. The maximum absolute atomic E-state index is 10.9. The number of nitrogens with one attached hydrogen (secondary N) is 1. The first kappa shape index (κ1) is 13.7. The Morgan fingerprint density at radius 2 is 2.32 bits per heavy atom. The quantitative estimate of drug-likeness (QED) is 0.635. The summed E-state index contributed by atoms with van der Waals surface area (Å²) in [6, 6.07) is 1.76. The van der Waals surface area contributed by atoms with Crippen molar-refractivity contribution in [1.82, 2.24) is 9.88 Å². The van der Waals surface area contributed by atoms with Crippen molar-refractivity contribution in [2.45, 2.75) is 13.0 Å². The van der Waals surface area contributed by atoms with Crippen LogP contribution in [0.2, 0.25) is 0 Å². The van der Waals surface area contributed by atoms with Crippen LogP contribution in [0.5, 0.6) is 0 Å². The van der Waals surface area contributed by atoms with Gasteiger partial charge in [0.05, 0.1) is 18.1 Å². The number of hydrogen-bond acceptors (Lipinski definition) is 6. The summed E-state index contributed by atoms with van der Waals surface area (Å²) >= 11 is 0. The first-order chi connectivity index (χ1) is 9.16. The Labute approximate surface area is 111 Å². The second kappa shape index (κ2) is 6.44. The summed E-state index contributed by atoms with van der Waals surface area (Å²) < 4.78 is 5.29. The van der Waals surface area contributed by atoms with E-state index in [1.807, 2.05) is 6.92 Å². The van der Waals surface area contributed by atoms with E-state index >= 15 is 0 Å². The zero-order valence-corrected chi connectivity index (χ0v) is 10.9. The van der Waals surface area contributed by atoms with Crippen LogP contribution in [0.4, 0.5) is 11.4 Å². The van der Waals surface area contributed by atoms with Crippen LogP contribution in [0.1, 0.15) is 6.92 Å². The molecule has 0 amide bonds. The van der Waals surface area contributed by atoms with Crippen molar-refractivity contribution in [2.75, 3.05) is 38.2 Å². The van der Waals surface area contributed by atoms with E-state index in [0.29, 0.717) is 5.69 Å². The highest BCUT2D eigenvalue weighted by Crippen LogP contribution is 2.22. The molecule has 1 aromatic rings. The standard InChI is InChI=1S/C12H18N4O3/c1-10(9-15-4-6-19-7-5-15)14-11-2-3-13-8-12(11)16(17)18/h2-3,8,10H,4-7,9H2,1H3,(H,13,14). The number of ether oxygens (including phenoxy) is 1. The van der Waals surface area contributed by atoms with Gasteiger partial charge in [-0.05, 0) is 13.0 Å². The molecule has 7 nitrogen and oxygen atoms in total. The second-order valence-corrected chi connectivity index (χ2v) is 4.61. The molecule has 1 saturated heterocycles. The van der Waals surface area contributed by atoms with Crippen molar-refractivity contribution >= 4 is 11.4 Å². The van der Waals surface area contributed by atoms with Gasteiger partial charge in [-0.15, -0.1) is 0 Å². The number of pyridine rings is 1. The van der Waals surface area contributed by atoms with E-state index in [4.69, 9.17) is 4.74 Å². The Balaban J connectivity index is 1.94. The van der Waals surface area contributed by atoms with Gasteiger partial charge in [-0.3, -0.25) is 20.0 Å². The van der Waals surface area contributed by atoms with Gasteiger partial charge in [0, 0.05) is 31.9 Å². The number of nitrogens with zero attached hydrogens (tertiary/aromatic N) is 3. The average molecular weight is 266 g/mol. The lowest BCUT2D eigenvalue weighted by Crippen LogP contribution is -2.42. The zero-order valence-electron chi connectivity index (χ0n) is 10.9. The van der Waals surface area contributed by atoms with Gasteiger partial charge >= 0.3 is 5.69 Å². The Morgan fingerprint density at radius 1 is 1.58 bits per heavy atom. The largest absolute Gasteiger partial charge is 0.379 e. The minimum Gasteiger partial charge on any atom is -0.379 e. The molecule has 0 radical (unpaired) electrons. The Kier molecular flexibility index (Phi) is 4.64. The fourth-order valence-electron chi connectivity index (χ4n) is 2.14. The lowest BCUT2D eigenvalue weighted by atomic mass is 10.2. The van der Waals surface area contributed by atoms with Crippen LogP contribution < -0.4 is 5.32 Å². The van der Waals surface area contributed by atoms with Crippen LogP contribution >= 0.6 is 0 Å². The molecule has 104 valence electrons. The van der Waals surface area contributed by atoms with Gasteiger partial charge in [-0.2, -0.15) is 0 Å². The van der Waals surface area contributed by atoms with E-state index in [1.54, 1.807) is 12.3 Å². The van der Waals surface area contributed by atoms with Gasteiger partial charge in [0.25, 0.3) is 0 Å².